The van der Waals surface area contributed by atoms with Crippen molar-refractivity contribution >= 4 is 20.7 Å². The van der Waals surface area contributed by atoms with Gasteiger partial charge in [-0.3, -0.25) is 4.79 Å². The van der Waals surface area contributed by atoms with Gasteiger partial charge in [0.2, 0.25) is 0 Å². The molecule has 0 radical (unpaired) electrons. The summed E-state index contributed by atoms with van der Waals surface area (Å²) < 4.78 is 0. The van der Waals surface area contributed by atoms with Crippen LogP contribution in [0.5, 0.6) is 0 Å². The predicted octanol–water partition coefficient (Wildman–Crippen LogP) is 3.91. The van der Waals surface area contributed by atoms with Gasteiger partial charge in [0.15, 0.2) is 0 Å². The molecule has 0 aliphatic carbocycles. The largest absolute Gasteiger partial charge is 0.336 e. The zero-order valence-electron chi connectivity index (χ0n) is 11.2. The first-order valence-electron chi connectivity index (χ1n) is 5.81. The molecule has 3 heteroatoms. The van der Waals surface area contributed by atoms with E-state index in [4.69, 9.17) is 0 Å². The van der Waals surface area contributed by atoms with Crippen LogP contribution in [0.1, 0.15) is 27.8 Å². The predicted molar refractivity (Wildman–Crippen MR) is 76.0 cm³/mol. The molecule has 0 N–H and O–H groups in total. The summed E-state index contributed by atoms with van der Waals surface area (Å²) in [6.07, 6.45) is 0.911. The van der Waals surface area contributed by atoms with Crippen LogP contribution in [0, 0.1) is 27.7 Å². The van der Waals surface area contributed by atoms with Crippen molar-refractivity contribution in [2.75, 3.05) is 13.6 Å². The van der Waals surface area contributed by atoms with Crippen LogP contribution in [0.3, 0.4) is 0 Å². The Bertz CT molecular complexity index is 414. The molecule has 1 aromatic rings. The lowest BCUT2D eigenvalue weighted by Gasteiger charge is -2.18. The second-order valence-electron chi connectivity index (χ2n) is 4.66. The molecule has 0 unspecified atom stereocenters. The van der Waals surface area contributed by atoms with Gasteiger partial charge in [-0.25, -0.2) is 0 Å². The summed E-state index contributed by atoms with van der Waals surface area (Å²) >= 11 is 2.97. The van der Waals surface area contributed by atoms with Crippen molar-refractivity contribution in [3.63, 3.8) is 0 Å². The summed E-state index contributed by atoms with van der Waals surface area (Å²) in [7, 11) is 1.81. The highest BCUT2D eigenvalue weighted by Crippen LogP contribution is 2.22. The van der Waals surface area contributed by atoms with Gasteiger partial charge in [0.1, 0.15) is 0 Å². The Balaban J connectivity index is 2.95. The summed E-state index contributed by atoms with van der Waals surface area (Å²) in [4.78, 5) is 12.7. The van der Waals surface area contributed by atoms with E-state index in [0.29, 0.717) is 0 Å². The van der Waals surface area contributed by atoms with Crippen LogP contribution >= 0.6 is 15.9 Å². The Kier molecular flexibility index (Phi) is 4.75. The quantitative estimate of drug-likeness (QED) is 0.612. The second kappa shape index (κ2) is 5.67. The van der Waals surface area contributed by atoms with Gasteiger partial charge in [0.25, 0.3) is 4.82 Å². The SMILES string of the molecule is Cc1cc(C)c(C)c(CCN(C)C(=O)Br)c1C. The molecule has 0 aliphatic heterocycles. The van der Waals surface area contributed by atoms with Gasteiger partial charge in [0, 0.05) is 29.5 Å². The molecule has 0 fully saturated rings. The number of benzene rings is 1. The van der Waals surface area contributed by atoms with Crippen molar-refractivity contribution in [1.82, 2.24) is 4.90 Å². The molecule has 0 atom stereocenters. The van der Waals surface area contributed by atoms with Crippen LogP contribution in [0.4, 0.5) is 4.79 Å². The lowest BCUT2D eigenvalue weighted by Crippen LogP contribution is -2.23. The van der Waals surface area contributed by atoms with Crippen LogP contribution in [0.15, 0.2) is 6.07 Å². The van der Waals surface area contributed by atoms with Crippen molar-refractivity contribution in [2.45, 2.75) is 34.1 Å². The van der Waals surface area contributed by atoms with E-state index in [1.165, 1.54) is 27.8 Å². The maximum absolute atomic E-state index is 11.1. The minimum Gasteiger partial charge on any atom is -0.336 e. The molecule has 2 nitrogen and oxygen atoms in total. The Hall–Kier alpha value is -0.830. The third kappa shape index (κ3) is 3.32. The normalized spacial score (nSPS) is 10.5. The van der Waals surface area contributed by atoms with Gasteiger partial charge in [0.05, 0.1) is 0 Å². The number of rotatable bonds is 3. The summed E-state index contributed by atoms with van der Waals surface area (Å²) in [6.45, 7) is 9.35. The Morgan fingerprint density at radius 2 is 1.65 bits per heavy atom. The molecule has 1 aromatic carbocycles. The Labute approximate surface area is 112 Å². The molecule has 17 heavy (non-hydrogen) atoms. The summed E-state index contributed by atoms with van der Waals surface area (Å²) in [5.74, 6) is 0. The molecule has 0 spiro atoms. The van der Waals surface area contributed by atoms with Crippen LogP contribution < -0.4 is 0 Å². The number of carbonyl (C=O) groups excluding carboxylic acids is 1. The summed E-state index contributed by atoms with van der Waals surface area (Å²) in [5, 5.41) is 0. The van der Waals surface area contributed by atoms with E-state index in [1.54, 1.807) is 4.90 Å². The standard InChI is InChI=1S/C14H20BrNO/c1-9-8-10(2)12(4)13(11(9)3)6-7-16(5)14(15)17/h8H,6-7H2,1-5H3. The number of nitrogens with zero attached hydrogens (tertiary/aromatic N) is 1. The van der Waals surface area contributed by atoms with Crippen molar-refractivity contribution in [3.8, 4) is 0 Å². The first-order chi connectivity index (χ1) is 7.84. The molecule has 94 valence electrons. The van der Waals surface area contributed by atoms with E-state index in [1.807, 2.05) is 7.05 Å². The number of hydrogen-bond donors (Lipinski definition) is 0. The number of likely N-dealkylation sites (N-methyl/N-ethyl adjacent to an activating group) is 1. The highest BCUT2D eigenvalue weighted by atomic mass is 79.9. The van der Waals surface area contributed by atoms with E-state index in [-0.39, 0.29) is 4.82 Å². The Morgan fingerprint density at radius 3 is 2.06 bits per heavy atom. The topological polar surface area (TPSA) is 20.3 Å². The van der Waals surface area contributed by atoms with Crippen LogP contribution in [0.25, 0.3) is 0 Å². The molecule has 0 saturated heterocycles. The van der Waals surface area contributed by atoms with Crippen molar-refractivity contribution in [2.24, 2.45) is 0 Å². The van der Waals surface area contributed by atoms with E-state index >= 15 is 0 Å². The van der Waals surface area contributed by atoms with Crippen LogP contribution in [-0.2, 0) is 6.42 Å². The molecule has 0 saturated carbocycles. The van der Waals surface area contributed by atoms with Crippen molar-refractivity contribution in [3.05, 3.63) is 33.9 Å². The fraction of sp³-hybridized carbons (Fsp3) is 0.500. The second-order valence-corrected chi connectivity index (χ2v) is 5.34. The minimum absolute atomic E-state index is 0.0582. The van der Waals surface area contributed by atoms with E-state index < -0.39 is 0 Å². The zero-order valence-corrected chi connectivity index (χ0v) is 12.8. The maximum Gasteiger partial charge on any atom is 0.289 e. The van der Waals surface area contributed by atoms with Gasteiger partial charge in [-0.1, -0.05) is 6.07 Å². The maximum atomic E-state index is 11.1. The van der Waals surface area contributed by atoms with Crippen molar-refractivity contribution < 1.29 is 4.79 Å². The van der Waals surface area contributed by atoms with E-state index in [0.717, 1.165) is 13.0 Å². The van der Waals surface area contributed by atoms with Crippen LogP contribution in [-0.4, -0.2) is 23.3 Å². The highest BCUT2D eigenvalue weighted by Gasteiger charge is 2.10. The third-order valence-corrected chi connectivity index (χ3v) is 4.12. The smallest absolute Gasteiger partial charge is 0.289 e. The highest BCUT2D eigenvalue weighted by molar-refractivity contribution is 9.18. The summed E-state index contributed by atoms with van der Waals surface area (Å²) in [5.41, 5.74) is 6.74. The first kappa shape index (κ1) is 14.2. The average molecular weight is 298 g/mol. The molecular weight excluding hydrogens is 278 g/mol. The number of aryl methyl sites for hydroxylation is 2. The monoisotopic (exact) mass is 297 g/mol. The fourth-order valence-corrected chi connectivity index (χ4v) is 2.22. The first-order valence-corrected chi connectivity index (χ1v) is 6.60. The zero-order chi connectivity index (χ0) is 13.2. The average Bonchev–Trinajstić information content (AvgIpc) is 2.26. The molecular formula is C14H20BrNO. The fourth-order valence-electron chi connectivity index (χ4n) is 2.04. The van der Waals surface area contributed by atoms with E-state index in [9.17, 15) is 4.79 Å². The molecule has 0 aromatic heterocycles. The molecule has 0 bridgehead atoms. The number of amides is 1. The molecule has 0 heterocycles. The molecule has 1 amide bonds. The molecule has 1 rings (SSSR count). The molecule has 0 aliphatic rings. The van der Waals surface area contributed by atoms with Crippen LogP contribution in [0.2, 0.25) is 0 Å². The van der Waals surface area contributed by atoms with Gasteiger partial charge in [-0.15, -0.1) is 0 Å². The number of carbonyl (C=O) groups is 1. The van der Waals surface area contributed by atoms with Gasteiger partial charge < -0.3 is 4.90 Å². The van der Waals surface area contributed by atoms with Gasteiger partial charge in [-0.05, 0) is 61.9 Å². The lowest BCUT2D eigenvalue weighted by molar-refractivity contribution is 0.235. The van der Waals surface area contributed by atoms with Gasteiger partial charge >= 0.3 is 0 Å². The van der Waals surface area contributed by atoms with Crippen molar-refractivity contribution in [1.29, 1.82) is 0 Å². The minimum atomic E-state index is -0.0582. The van der Waals surface area contributed by atoms with Gasteiger partial charge in [-0.2, -0.15) is 0 Å². The number of hydrogen-bond acceptors (Lipinski definition) is 1. The lowest BCUT2D eigenvalue weighted by atomic mass is 9.92. The summed E-state index contributed by atoms with van der Waals surface area (Å²) in [6, 6.07) is 2.23. The number of halogens is 1. The van der Waals surface area contributed by atoms with E-state index in [2.05, 4.69) is 49.7 Å². The Morgan fingerprint density at radius 1 is 1.18 bits per heavy atom. The third-order valence-electron chi connectivity index (χ3n) is 3.52.